The van der Waals surface area contributed by atoms with E-state index in [0.29, 0.717) is 11.4 Å². The number of aromatic nitrogens is 2. The molecule has 1 unspecified atom stereocenters. The number of rotatable bonds is 5. The van der Waals surface area contributed by atoms with Crippen molar-refractivity contribution in [2.24, 2.45) is 0 Å². The largest absolute Gasteiger partial charge is 0.349 e. The van der Waals surface area contributed by atoms with Crippen LogP contribution in [0.2, 0.25) is 0 Å². The van der Waals surface area contributed by atoms with Crippen molar-refractivity contribution in [3.8, 4) is 0 Å². The molecule has 5 heteroatoms. The van der Waals surface area contributed by atoms with Crippen LogP contribution >= 0.6 is 11.6 Å². The van der Waals surface area contributed by atoms with Gasteiger partial charge in [0, 0.05) is 24.3 Å². The Morgan fingerprint density at radius 2 is 2.20 bits per heavy atom. The van der Waals surface area contributed by atoms with Crippen LogP contribution in [-0.2, 0) is 0 Å². The summed E-state index contributed by atoms with van der Waals surface area (Å²) in [5, 5.41) is 2.88. The normalized spacial score (nSPS) is 12.1. The molecular weight excluding hydrogens is 214 g/mol. The Morgan fingerprint density at radius 3 is 2.73 bits per heavy atom. The van der Waals surface area contributed by atoms with Crippen LogP contribution in [-0.4, -0.2) is 27.8 Å². The predicted octanol–water partition coefficient (Wildman–Crippen LogP) is 1.61. The van der Waals surface area contributed by atoms with Gasteiger partial charge in [0.2, 0.25) is 0 Å². The molecule has 0 fully saturated rings. The summed E-state index contributed by atoms with van der Waals surface area (Å²) in [6, 6.07) is 0.121. The second-order valence-corrected chi connectivity index (χ2v) is 3.56. The van der Waals surface area contributed by atoms with E-state index in [9.17, 15) is 4.79 Å². The lowest BCUT2D eigenvalue weighted by Crippen LogP contribution is -2.34. The minimum Gasteiger partial charge on any atom is -0.349 e. The maximum atomic E-state index is 11.7. The van der Waals surface area contributed by atoms with E-state index in [1.165, 1.54) is 18.7 Å². The highest BCUT2D eigenvalue weighted by molar-refractivity contribution is 6.17. The van der Waals surface area contributed by atoms with Crippen molar-refractivity contribution in [1.29, 1.82) is 0 Å². The van der Waals surface area contributed by atoms with Crippen molar-refractivity contribution >= 4 is 17.5 Å². The molecule has 1 aromatic heterocycles. The molecule has 0 aliphatic rings. The van der Waals surface area contributed by atoms with Gasteiger partial charge in [-0.15, -0.1) is 11.6 Å². The molecule has 82 valence electrons. The van der Waals surface area contributed by atoms with Crippen LogP contribution in [0.25, 0.3) is 0 Å². The molecule has 1 aromatic rings. The fourth-order valence-electron chi connectivity index (χ4n) is 1.20. The third-order valence-electron chi connectivity index (χ3n) is 2.11. The van der Waals surface area contributed by atoms with Crippen LogP contribution in [0.1, 0.15) is 30.1 Å². The summed E-state index contributed by atoms with van der Waals surface area (Å²) >= 11 is 5.63. The number of hydrogen-bond donors (Lipinski definition) is 1. The molecule has 1 heterocycles. The fraction of sp³-hybridized carbons (Fsp3) is 0.500. The number of carbonyl (C=O) groups is 1. The van der Waals surface area contributed by atoms with Crippen LogP contribution < -0.4 is 5.32 Å². The van der Waals surface area contributed by atoms with Gasteiger partial charge >= 0.3 is 0 Å². The van der Waals surface area contributed by atoms with Crippen LogP contribution in [0.15, 0.2) is 18.7 Å². The van der Waals surface area contributed by atoms with Crippen molar-refractivity contribution in [2.45, 2.75) is 25.8 Å². The molecule has 1 amide bonds. The topological polar surface area (TPSA) is 54.9 Å². The van der Waals surface area contributed by atoms with Gasteiger partial charge in [0.15, 0.2) is 0 Å². The molecular formula is C10H14ClN3O. The molecule has 15 heavy (non-hydrogen) atoms. The van der Waals surface area contributed by atoms with Crippen LogP contribution in [0.3, 0.4) is 0 Å². The quantitative estimate of drug-likeness (QED) is 0.778. The summed E-state index contributed by atoms with van der Waals surface area (Å²) in [7, 11) is 0. The number of halogens is 1. The Morgan fingerprint density at radius 1 is 1.53 bits per heavy atom. The first-order valence-electron chi connectivity index (χ1n) is 4.89. The van der Waals surface area contributed by atoms with Gasteiger partial charge in [-0.3, -0.25) is 4.79 Å². The van der Waals surface area contributed by atoms with Crippen molar-refractivity contribution in [3.05, 3.63) is 24.3 Å². The Kier molecular flexibility index (Phi) is 5.04. The highest BCUT2D eigenvalue weighted by atomic mass is 35.5. The Balaban J connectivity index is 2.55. The Bertz CT molecular complexity index is 305. The summed E-state index contributed by atoms with van der Waals surface area (Å²) < 4.78 is 0. The molecule has 0 bridgehead atoms. The molecule has 4 nitrogen and oxygen atoms in total. The third-order valence-corrected chi connectivity index (χ3v) is 2.33. The zero-order valence-corrected chi connectivity index (χ0v) is 9.37. The molecule has 0 saturated heterocycles. The molecule has 1 rings (SSSR count). The maximum absolute atomic E-state index is 11.7. The lowest BCUT2D eigenvalue weighted by Gasteiger charge is -2.14. The van der Waals surface area contributed by atoms with Crippen LogP contribution in [0.4, 0.5) is 0 Å². The second kappa shape index (κ2) is 6.35. The van der Waals surface area contributed by atoms with E-state index in [4.69, 9.17) is 11.6 Å². The van der Waals surface area contributed by atoms with Crippen molar-refractivity contribution in [1.82, 2.24) is 15.3 Å². The average molecular weight is 228 g/mol. The first-order chi connectivity index (χ1) is 7.27. The molecule has 0 spiro atoms. The van der Waals surface area contributed by atoms with E-state index in [0.717, 1.165) is 12.8 Å². The average Bonchev–Trinajstić information content (AvgIpc) is 2.29. The summed E-state index contributed by atoms with van der Waals surface area (Å²) in [5.41, 5.74) is 0.477. The minimum absolute atomic E-state index is 0.121. The number of nitrogens with zero attached hydrogens (tertiary/aromatic N) is 2. The van der Waals surface area contributed by atoms with Gasteiger partial charge in [0.25, 0.3) is 5.91 Å². The van der Waals surface area contributed by atoms with Gasteiger partial charge in [0.1, 0.15) is 6.33 Å². The van der Waals surface area contributed by atoms with E-state index in [1.54, 1.807) is 0 Å². The van der Waals surface area contributed by atoms with E-state index in [-0.39, 0.29) is 11.9 Å². The number of alkyl halides is 1. The number of carbonyl (C=O) groups excluding carboxylic acids is 1. The lowest BCUT2D eigenvalue weighted by molar-refractivity contribution is 0.0934. The maximum Gasteiger partial charge on any atom is 0.254 e. The first-order valence-corrected chi connectivity index (χ1v) is 5.43. The zero-order valence-electron chi connectivity index (χ0n) is 8.61. The van der Waals surface area contributed by atoms with Gasteiger partial charge in [-0.25, -0.2) is 9.97 Å². The third kappa shape index (κ3) is 3.83. The first kappa shape index (κ1) is 11.9. The van der Waals surface area contributed by atoms with Crippen molar-refractivity contribution in [3.63, 3.8) is 0 Å². The Hall–Kier alpha value is -1.16. The van der Waals surface area contributed by atoms with Crippen molar-refractivity contribution < 1.29 is 4.79 Å². The van der Waals surface area contributed by atoms with Crippen LogP contribution in [0.5, 0.6) is 0 Å². The highest BCUT2D eigenvalue weighted by Crippen LogP contribution is 2.01. The minimum atomic E-state index is -0.146. The second-order valence-electron chi connectivity index (χ2n) is 3.18. The molecule has 0 aromatic carbocycles. The molecule has 0 radical (unpaired) electrons. The van der Waals surface area contributed by atoms with E-state index < -0.39 is 0 Å². The fourth-order valence-corrected chi connectivity index (χ4v) is 1.46. The summed E-state index contributed by atoms with van der Waals surface area (Å²) in [6.45, 7) is 2.01. The zero-order chi connectivity index (χ0) is 11.1. The monoisotopic (exact) mass is 227 g/mol. The standard InChI is InChI=1S/C10H14ClN3O/c1-2-9(3-4-11)14-10(15)8-5-12-7-13-6-8/h5-7,9H,2-4H2,1H3,(H,14,15). The predicted molar refractivity (Wildman–Crippen MR) is 58.9 cm³/mol. The van der Waals surface area contributed by atoms with Crippen LogP contribution in [0, 0.1) is 0 Å². The summed E-state index contributed by atoms with van der Waals surface area (Å²) in [4.78, 5) is 19.2. The van der Waals surface area contributed by atoms with Gasteiger partial charge in [-0.05, 0) is 12.8 Å². The summed E-state index contributed by atoms with van der Waals surface area (Å²) in [6.07, 6.45) is 6.03. The van der Waals surface area contributed by atoms with Gasteiger partial charge in [-0.1, -0.05) is 6.92 Å². The van der Waals surface area contributed by atoms with Gasteiger partial charge in [0.05, 0.1) is 5.56 Å². The molecule has 1 N–H and O–H groups in total. The Labute approximate surface area is 94.1 Å². The number of amides is 1. The van der Waals surface area contributed by atoms with E-state index >= 15 is 0 Å². The summed E-state index contributed by atoms with van der Waals surface area (Å²) in [5.74, 6) is 0.400. The van der Waals surface area contributed by atoms with Gasteiger partial charge in [-0.2, -0.15) is 0 Å². The van der Waals surface area contributed by atoms with E-state index in [1.807, 2.05) is 6.92 Å². The lowest BCUT2D eigenvalue weighted by atomic mass is 10.1. The molecule has 0 saturated carbocycles. The SMILES string of the molecule is CCC(CCCl)NC(=O)c1cncnc1. The van der Waals surface area contributed by atoms with E-state index in [2.05, 4.69) is 15.3 Å². The van der Waals surface area contributed by atoms with Crippen molar-refractivity contribution in [2.75, 3.05) is 5.88 Å². The number of hydrogen-bond acceptors (Lipinski definition) is 3. The number of nitrogens with one attached hydrogen (secondary N) is 1. The van der Waals surface area contributed by atoms with Gasteiger partial charge < -0.3 is 5.32 Å². The molecule has 1 atom stereocenters. The highest BCUT2D eigenvalue weighted by Gasteiger charge is 2.11. The molecule has 0 aliphatic heterocycles. The smallest absolute Gasteiger partial charge is 0.254 e. The molecule has 0 aliphatic carbocycles.